The van der Waals surface area contributed by atoms with E-state index in [0.717, 1.165) is 13.1 Å². The van der Waals surface area contributed by atoms with E-state index in [1.54, 1.807) is 0 Å². The lowest BCUT2D eigenvalue weighted by Crippen LogP contribution is -2.43. The Hall–Kier alpha value is -1.41. The SMILES string of the molecule is CN1C[C@@H]2COC[C@H](C1)N(c1ccnc(C(F)(F)F)n1)C2. The van der Waals surface area contributed by atoms with Crippen molar-refractivity contribution in [1.29, 1.82) is 0 Å². The molecular weight excluding hydrogens is 285 g/mol. The highest BCUT2D eigenvalue weighted by atomic mass is 19.4. The molecule has 0 spiro atoms. The molecule has 0 aromatic carbocycles. The predicted octanol–water partition coefficient (Wildman–Crippen LogP) is 1.26. The minimum atomic E-state index is -4.52. The maximum atomic E-state index is 12.8. The number of alkyl halides is 3. The maximum absolute atomic E-state index is 12.8. The van der Waals surface area contributed by atoms with Crippen molar-refractivity contribution in [2.45, 2.75) is 12.2 Å². The summed E-state index contributed by atoms with van der Waals surface area (Å²) < 4.78 is 43.9. The van der Waals surface area contributed by atoms with Crippen LogP contribution in [0.5, 0.6) is 0 Å². The lowest BCUT2D eigenvalue weighted by Gasteiger charge is -2.30. The van der Waals surface area contributed by atoms with E-state index < -0.39 is 12.0 Å². The topological polar surface area (TPSA) is 41.5 Å². The normalized spacial score (nSPS) is 27.5. The van der Waals surface area contributed by atoms with Crippen molar-refractivity contribution in [2.24, 2.45) is 5.92 Å². The molecule has 2 aliphatic rings. The third-order valence-electron chi connectivity index (χ3n) is 3.84. The van der Waals surface area contributed by atoms with E-state index in [1.165, 1.54) is 12.3 Å². The maximum Gasteiger partial charge on any atom is 0.451 e. The molecular formula is C13H17F3N4O. The molecule has 0 saturated carbocycles. The van der Waals surface area contributed by atoms with E-state index in [-0.39, 0.29) is 12.0 Å². The van der Waals surface area contributed by atoms with Crippen LogP contribution >= 0.6 is 0 Å². The number of fused-ring (bicyclic) bond motifs is 3. The molecule has 0 radical (unpaired) electrons. The van der Waals surface area contributed by atoms with Gasteiger partial charge in [0.05, 0.1) is 19.3 Å². The summed E-state index contributed by atoms with van der Waals surface area (Å²) in [5.74, 6) is -0.493. The molecule has 0 unspecified atom stereocenters. The molecule has 116 valence electrons. The van der Waals surface area contributed by atoms with Crippen LogP contribution in [0.25, 0.3) is 0 Å². The molecule has 2 fully saturated rings. The van der Waals surface area contributed by atoms with Gasteiger partial charge in [0.25, 0.3) is 0 Å². The Labute approximate surface area is 120 Å². The number of rotatable bonds is 1. The fourth-order valence-electron chi connectivity index (χ4n) is 3.00. The summed E-state index contributed by atoms with van der Waals surface area (Å²) in [6.07, 6.45) is -3.35. The van der Waals surface area contributed by atoms with Crippen molar-refractivity contribution in [3.63, 3.8) is 0 Å². The van der Waals surface area contributed by atoms with E-state index in [1.807, 2.05) is 11.9 Å². The number of nitrogens with zero attached hydrogens (tertiary/aromatic N) is 4. The van der Waals surface area contributed by atoms with Crippen LogP contribution in [0, 0.1) is 5.92 Å². The Balaban J connectivity index is 1.92. The van der Waals surface area contributed by atoms with Gasteiger partial charge in [-0.1, -0.05) is 0 Å². The fraction of sp³-hybridized carbons (Fsp3) is 0.692. The van der Waals surface area contributed by atoms with Crippen molar-refractivity contribution >= 4 is 5.82 Å². The average molecular weight is 302 g/mol. The third kappa shape index (κ3) is 3.11. The number of halogens is 3. The van der Waals surface area contributed by atoms with Crippen LogP contribution in [0.15, 0.2) is 12.3 Å². The summed E-state index contributed by atoms with van der Waals surface area (Å²) in [4.78, 5) is 11.2. The summed E-state index contributed by atoms with van der Waals surface area (Å²) >= 11 is 0. The van der Waals surface area contributed by atoms with Crippen LogP contribution in [0.1, 0.15) is 5.82 Å². The molecule has 2 bridgehead atoms. The Morgan fingerprint density at radius 1 is 1.24 bits per heavy atom. The van der Waals surface area contributed by atoms with Gasteiger partial charge in [-0.2, -0.15) is 13.2 Å². The zero-order valence-electron chi connectivity index (χ0n) is 11.7. The van der Waals surface area contributed by atoms with E-state index >= 15 is 0 Å². The Bertz CT molecular complexity index is 510. The lowest BCUT2D eigenvalue weighted by atomic mass is 10.1. The minimum Gasteiger partial charge on any atom is -0.379 e. The number of hydrogen-bond donors (Lipinski definition) is 0. The van der Waals surface area contributed by atoms with Gasteiger partial charge in [0.15, 0.2) is 0 Å². The molecule has 2 saturated heterocycles. The Morgan fingerprint density at radius 2 is 2.05 bits per heavy atom. The van der Waals surface area contributed by atoms with E-state index in [2.05, 4.69) is 14.9 Å². The van der Waals surface area contributed by atoms with Gasteiger partial charge in [-0.25, -0.2) is 9.97 Å². The van der Waals surface area contributed by atoms with E-state index in [9.17, 15) is 13.2 Å². The van der Waals surface area contributed by atoms with Gasteiger partial charge in [0, 0.05) is 31.7 Å². The van der Waals surface area contributed by atoms with Gasteiger partial charge < -0.3 is 14.5 Å². The van der Waals surface area contributed by atoms with E-state index in [0.29, 0.717) is 25.6 Å². The molecule has 8 heteroatoms. The van der Waals surface area contributed by atoms with Crippen LogP contribution in [-0.4, -0.2) is 60.8 Å². The molecule has 2 atom stereocenters. The monoisotopic (exact) mass is 302 g/mol. The zero-order chi connectivity index (χ0) is 15.0. The van der Waals surface area contributed by atoms with E-state index in [4.69, 9.17) is 4.74 Å². The van der Waals surface area contributed by atoms with Crippen molar-refractivity contribution in [2.75, 3.05) is 44.8 Å². The summed E-state index contributed by atoms with van der Waals surface area (Å²) in [5.41, 5.74) is 0. The van der Waals surface area contributed by atoms with Crippen molar-refractivity contribution in [3.8, 4) is 0 Å². The quantitative estimate of drug-likeness (QED) is 0.781. The standard InChI is InChI=1S/C13H17F3N4O/c1-19-4-9-5-20(10(6-19)8-21-7-9)11-2-3-17-12(18-11)13(14,15)16/h2-3,9-10H,4-8H2,1H3/t9-,10-/m0/s1. The molecule has 5 nitrogen and oxygen atoms in total. The molecule has 21 heavy (non-hydrogen) atoms. The van der Waals surface area contributed by atoms with Crippen LogP contribution in [-0.2, 0) is 10.9 Å². The number of anilines is 1. The smallest absolute Gasteiger partial charge is 0.379 e. The first-order valence-corrected chi connectivity index (χ1v) is 6.86. The first-order valence-electron chi connectivity index (χ1n) is 6.86. The third-order valence-corrected chi connectivity index (χ3v) is 3.84. The zero-order valence-corrected chi connectivity index (χ0v) is 11.7. The van der Waals surface area contributed by atoms with Crippen molar-refractivity contribution in [3.05, 3.63) is 18.1 Å². The van der Waals surface area contributed by atoms with Crippen molar-refractivity contribution in [1.82, 2.24) is 14.9 Å². The predicted molar refractivity (Wildman–Crippen MR) is 70.0 cm³/mol. The summed E-state index contributed by atoms with van der Waals surface area (Å²) in [6, 6.07) is 1.55. The van der Waals surface area contributed by atoms with Crippen LogP contribution in [0.3, 0.4) is 0 Å². The second kappa shape index (κ2) is 5.42. The van der Waals surface area contributed by atoms with Crippen LogP contribution in [0.2, 0.25) is 0 Å². The highest BCUT2D eigenvalue weighted by molar-refractivity contribution is 5.40. The van der Waals surface area contributed by atoms with Crippen LogP contribution < -0.4 is 4.90 Å². The van der Waals surface area contributed by atoms with Gasteiger partial charge in [0.2, 0.25) is 5.82 Å². The molecule has 0 N–H and O–H groups in total. The molecule has 0 aliphatic carbocycles. The Morgan fingerprint density at radius 3 is 2.81 bits per heavy atom. The molecule has 2 aliphatic heterocycles. The summed E-state index contributed by atoms with van der Waals surface area (Å²) in [5, 5.41) is 0. The van der Waals surface area contributed by atoms with Gasteiger partial charge in [-0.3, -0.25) is 0 Å². The van der Waals surface area contributed by atoms with Gasteiger partial charge in [-0.05, 0) is 13.1 Å². The van der Waals surface area contributed by atoms with Gasteiger partial charge in [-0.15, -0.1) is 0 Å². The molecule has 3 heterocycles. The highest BCUT2D eigenvalue weighted by Gasteiger charge is 2.37. The average Bonchev–Trinajstić information content (AvgIpc) is 2.68. The first-order chi connectivity index (χ1) is 9.93. The number of aromatic nitrogens is 2. The van der Waals surface area contributed by atoms with Crippen molar-refractivity contribution < 1.29 is 17.9 Å². The Kier molecular flexibility index (Phi) is 3.75. The number of likely N-dealkylation sites (N-methyl/N-ethyl adjacent to an activating group) is 1. The summed E-state index contributed by atoms with van der Waals surface area (Å²) in [6.45, 7) is 3.43. The van der Waals surface area contributed by atoms with Gasteiger partial charge in [0.1, 0.15) is 5.82 Å². The van der Waals surface area contributed by atoms with Gasteiger partial charge >= 0.3 is 6.18 Å². The minimum absolute atomic E-state index is 0.0125. The fourth-order valence-corrected chi connectivity index (χ4v) is 3.00. The molecule has 1 aromatic rings. The number of ether oxygens (including phenoxy) is 1. The summed E-state index contributed by atoms with van der Waals surface area (Å²) in [7, 11) is 2.02. The van der Waals surface area contributed by atoms with Crippen LogP contribution in [0.4, 0.5) is 19.0 Å². The second-order valence-corrected chi connectivity index (χ2v) is 5.67. The molecule has 0 amide bonds. The largest absolute Gasteiger partial charge is 0.451 e. The molecule has 1 aromatic heterocycles. The first kappa shape index (κ1) is 14.5. The number of hydrogen-bond acceptors (Lipinski definition) is 5. The highest BCUT2D eigenvalue weighted by Crippen LogP contribution is 2.29. The lowest BCUT2D eigenvalue weighted by molar-refractivity contribution is -0.144. The molecule has 3 rings (SSSR count). The second-order valence-electron chi connectivity index (χ2n) is 5.67.